The maximum atomic E-state index is 6.20. The first-order valence-corrected chi connectivity index (χ1v) is 7.86. The van der Waals surface area contributed by atoms with E-state index in [1.165, 1.54) is 11.1 Å². The highest BCUT2D eigenvalue weighted by molar-refractivity contribution is 5.85. The largest absolute Gasteiger partial charge is 0.484 e. The van der Waals surface area contributed by atoms with Gasteiger partial charge in [0.25, 0.3) is 0 Å². The van der Waals surface area contributed by atoms with E-state index in [9.17, 15) is 0 Å². The van der Waals surface area contributed by atoms with Crippen LogP contribution in [0.3, 0.4) is 0 Å². The molecule has 4 heteroatoms. The molecular weight excluding hydrogens is 322 g/mol. The fourth-order valence-corrected chi connectivity index (χ4v) is 3.08. The summed E-state index contributed by atoms with van der Waals surface area (Å²) in [5, 5.41) is 0. The molecule has 1 aromatic heterocycles. The Bertz CT molecular complexity index is 783. The second-order valence-electron chi connectivity index (χ2n) is 5.99. The predicted octanol–water partition coefficient (Wildman–Crippen LogP) is 4.93. The second kappa shape index (κ2) is 7.12. The Hall–Kier alpha value is -2.23. The summed E-state index contributed by atoms with van der Waals surface area (Å²) in [6.45, 7) is 1.71. The van der Waals surface area contributed by atoms with E-state index in [4.69, 9.17) is 9.15 Å². The molecule has 3 nitrogen and oxygen atoms in total. The van der Waals surface area contributed by atoms with Crippen LogP contribution in [0.2, 0.25) is 0 Å². The molecule has 2 aromatic carbocycles. The van der Waals surface area contributed by atoms with Crippen molar-refractivity contribution in [3.63, 3.8) is 0 Å². The number of likely N-dealkylation sites (N-methyl/N-ethyl adjacent to an activating group) is 1. The highest BCUT2D eigenvalue weighted by Gasteiger charge is 2.27. The van der Waals surface area contributed by atoms with Gasteiger partial charge >= 0.3 is 0 Å². The lowest BCUT2D eigenvalue weighted by Crippen LogP contribution is -2.32. The SMILES string of the molecule is CN1Cc2occc2C(Oc2ccc(-c3ccccc3)cc2)C1.Cl. The van der Waals surface area contributed by atoms with Gasteiger partial charge in [0.05, 0.1) is 12.8 Å². The van der Waals surface area contributed by atoms with Gasteiger partial charge < -0.3 is 9.15 Å². The van der Waals surface area contributed by atoms with E-state index in [1.807, 2.05) is 24.3 Å². The van der Waals surface area contributed by atoms with E-state index in [2.05, 4.69) is 48.3 Å². The zero-order chi connectivity index (χ0) is 15.6. The van der Waals surface area contributed by atoms with Crippen molar-refractivity contribution in [2.24, 2.45) is 0 Å². The maximum absolute atomic E-state index is 6.20. The average Bonchev–Trinajstić information content (AvgIpc) is 3.05. The lowest BCUT2D eigenvalue weighted by atomic mass is 10.0. The average molecular weight is 342 g/mol. The van der Waals surface area contributed by atoms with Gasteiger partial charge in [0.2, 0.25) is 0 Å². The molecule has 0 aliphatic carbocycles. The summed E-state index contributed by atoms with van der Waals surface area (Å²) in [6, 6.07) is 20.7. The van der Waals surface area contributed by atoms with E-state index >= 15 is 0 Å². The monoisotopic (exact) mass is 341 g/mol. The van der Waals surface area contributed by atoms with E-state index < -0.39 is 0 Å². The van der Waals surface area contributed by atoms with Crippen LogP contribution in [0.15, 0.2) is 71.3 Å². The summed E-state index contributed by atoms with van der Waals surface area (Å²) in [4.78, 5) is 2.22. The number of rotatable bonds is 3. The molecule has 124 valence electrons. The van der Waals surface area contributed by atoms with Crippen molar-refractivity contribution in [2.45, 2.75) is 12.6 Å². The fourth-order valence-electron chi connectivity index (χ4n) is 3.08. The molecule has 4 rings (SSSR count). The van der Waals surface area contributed by atoms with Gasteiger partial charge in [0.1, 0.15) is 17.6 Å². The molecule has 1 unspecified atom stereocenters. The topological polar surface area (TPSA) is 25.6 Å². The first kappa shape index (κ1) is 16.6. The Morgan fingerprint density at radius 1 is 0.958 bits per heavy atom. The van der Waals surface area contributed by atoms with E-state index in [0.29, 0.717) is 0 Å². The lowest BCUT2D eigenvalue weighted by molar-refractivity contribution is 0.120. The van der Waals surface area contributed by atoms with Gasteiger partial charge in [-0.15, -0.1) is 12.4 Å². The number of benzene rings is 2. The smallest absolute Gasteiger partial charge is 0.140 e. The lowest BCUT2D eigenvalue weighted by Gasteiger charge is -2.29. The molecule has 24 heavy (non-hydrogen) atoms. The third-order valence-corrected chi connectivity index (χ3v) is 4.26. The number of furan rings is 1. The molecule has 0 amide bonds. The minimum atomic E-state index is 0. The maximum Gasteiger partial charge on any atom is 0.140 e. The van der Waals surface area contributed by atoms with Crippen LogP contribution in [0.1, 0.15) is 17.4 Å². The van der Waals surface area contributed by atoms with Crippen LogP contribution in [-0.4, -0.2) is 18.5 Å². The van der Waals surface area contributed by atoms with Crippen LogP contribution in [0.25, 0.3) is 11.1 Å². The summed E-state index contributed by atoms with van der Waals surface area (Å²) in [6.07, 6.45) is 1.77. The van der Waals surface area contributed by atoms with Crippen molar-refractivity contribution >= 4 is 12.4 Å². The van der Waals surface area contributed by atoms with Gasteiger partial charge in [0.15, 0.2) is 0 Å². The summed E-state index contributed by atoms with van der Waals surface area (Å²) in [5.74, 6) is 1.89. The zero-order valence-electron chi connectivity index (χ0n) is 13.5. The molecular formula is C20H20ClNO2. The Labute approximate surface area is 148 Å². The third-order valence-electron chi connectivity index (χ3n) is 4.26. The molecule has 0 bridgehead atoms. The predicted molar refractivity (Wildman–Crippen MR) is 97.5 cm³/mol. The van der Waals surface area contributed by atoms with Crippen LogP contribution in [0.5, 0.6) is 5.75 Å². The fraction of sp³-hybridized carbons (Fsp3) is 0.200. The van der Waals surface area contributed by atoms with Gasteiger partial charge in [0, 0.05) is 12.1 Å². The van der Waals surface area contributed by atoms with Crippen LogP contribution >= 0.6 is 12.4 Å². The van der Waals surface area contributed by atoms with Crippen LogP contribution in [-0.2, 0) is 6.54 Å². The van der Waals surface area contributed by atoms with Crippen molar-refractivity contribution in [1.82, 2.24) is 4.90 Å². The normalized spacial score (nSPS) is 17.0. The van der Waals surface area contributed by atoms with Crippen molar-refractivity contribution in [2.75, 3.05) is 13.6 Å². The van der Waals surface area contributed by atoms with Crippen molar-refractivity contribution in [1.29, 1.82) is 0 Å². The highest BCUT2D eigenvalue weighted by atomic mass is 35.5. The standard InChI is InChI=1S/C20H19NO2.ClH/c1-21-13-19-18(11-12-22-19)20(14-21)23-17-9-7-16(8-10-17)15-5-3-2-4-6-15;/h2-12,20H,13-14H2,1H3;1H. The van der Waals surface area contributed by atoms with E-state index in [1.54, 1.807) is 6.26 Å². The van der Waals surface area contributed by atoms with Crippen molar-refractivity contribution < 1.29 is 9.15 Å². The molecule has 1 atom stereocenters. The van der Waals surface area contributed by atoms with Gasteiger partial charge in [-0.1, -0.05) is 42.5 Å². The van der Waals surface area contributed by atoms with E-state index in [0.717, 1.165) is 30.2 Å². The molecule has 0 radical (unpaired) electrons. The Kier molecular flexibility index (Phi) is 4.93. The molecule has 2 heterocycles. The summed E-state index contributed by atoms with van der Waals surface area (Å²) in [7, 11) is 2.08. The summed E-state index contributed by atoms with van der Waals surface area (Å²) in [5.41, 5.74) is 3.58. The molecule has 1 aliphatic heterocycles. The molecule has 0 N–H and O–H groups in total. The molecule has 0 saturated carbocycles. The first-order chi connectivity index (χ1) is 11.3. The third kappa shape index (κ3) is 3.32. The Morgan fingerprint density at radius 3 is 2.42 bits per heavy atom. The molecule has 0 fully saturated rings. The second-order valence-corrected chi connectivity index (χ2v) is 5.99. The first-order valence-electron chi connectivity index (χ1n) is 7.86. The molecule has 1 aliphatic rings. The Morgan fingerprint density at radius 2 is 1.67 bits per heavy atom. The van der Waals surface area contributed by atoms with Crippen molar-refractivity contribution in [3.8, 4) is 16.9 Å². The van der Waals surface area contributed by atoms with Crippen LogP contribution in [0.4, 0.5) is 0 Å². The number of halogens is 1. The van der Waals surface area contributed by atoms with Crippen LogP contribution < -0.4 is 4.74 Å². The highest BCUT2D eigenvalue weighted by Crippen LogP contribution is 2.31. The summed E-state index contributed by atoms with van der Waals surface area (Å²) >= 11 is 0. The van der Waals surface area contributed by atoms with Crippen LogP contribution in [0, 0.1) is 0 Å². The van der Waals surface area contributed by atoms with Gasteiger partial charge in [-0.2, -0.15) is 0 Å². The molecule has 0 spiro atoms. The van der Waals surface area contributed by atoms with Gasteiger partial charge in [-0.25, -0.2) is 0 Å². The Balaban J connectivity index is 0.00000169. The number of fused-ring (bicyclic) bond motifs is 1. The van der Waals surface area contributed by atoms with E-state index in [-0.39, 0.29) is 18.5 Å². The number of hydrogen-bond acceptors (Lipinski definition) is 3. The molecule has 0 saturated heterocycles. The zero-order valence-corrected chi connectivity index (χ0v) is 14.3. The molecule has 3 aromatic rings. The number of ether oxygens (including phenoxy) is 1. The minimum Gasteiger partial charge on any atom is -0.484 e. The summed E-state index contributed by atoms with van der Waals surface area (Å²) < 4.78 is 11.7. The number of nitrogens with zero attached hydrogens (tertiary/aromatic N) is 1. The van der Waals surface area contributed by atoms with Gasteiger partial charge in [-0.05, 0) is 36.4 Å². The number of hydrogen-bond donors (Lipinski definition) is 0. The minimum absolute atomic E-state index is 0. The van der Waals surface area contributed by atoms with Gasteiger partial charge in [-0.3, -0.25) is 4.90 Å². The quantitative estimate of drug-likeness (QED) is 0.675. The van der Waals surface area contributed by atoms with Crippen molar-refractivity contribution in [3.05, 3.63) is 78.3 Å².